The largest absolute Gasteiger partial charge is 0.481 e. The Bertz CT molecular complexity index is 332. The molecule has 0 spiro atoms. The van der Waals surface area contributed by atoms with Crippen LogP contribution in [0.3, 0.4) is 0 Å². The zero-order valence-electron chi connectivity index (χ0n) is 11.6. The zero-order valence-corrected chi connectivity index (χ0v) is 11.6. The van der Waals surface area contributed by atoms with Crippen molar-refractivity contribution in [2.24, 2.45) is 5.41 Å². The molecule has 0 aliphatic carbocycles. The molecule has 1 atom stereocenters. The van der Waals surface area contributed by atoms with Gasteiger partial charge >= 0.3 is 5.97 Å². The lowest BCUT2D eigenvalue weighted by molar-refractivity contribution is -0.152. The highest BCUT2D eigenvalue weighted by molar-refractivity contribution is 5.84. The van der Waals surface area contributed by atoms with Crippen molar-refractivity contribution in [3.8, 4) is 0 Å². The van der Waals surface area contributed by atoms with E-state index in [1.165, 1.54) is 0 Å². The third-order valence-electron chi connectivity index (χ3n) is 4.00. The Kier molecular flexibility index (Phi) is 5.31. The fourth-order valence-corrected chi connectivity index (χ4v) is 2.25. The highest BCUT2D eigenvalue weighted by Gasteiger charge is 2.38. The molecular weight excluding hydrogens is 250 g/mol. The standard InChI is InChI=1S/C13H23NO5/c1-3-12(4-2,11(16)17)7-10(15)14-8-13(18)5-6-19-9-13/h18H,3-9H2,1-2H3,(H,14,15)(H,16,17). The molecule has 0 aromatic carbocycles. The predicted octanol–water partition coefficient (Wildman–Crippen LogP) is 0.535. The number of ether oxygens (including phenoxy) is 1. The van der Waals surface area contributed by atoms with Crippen LogP contribution in [0.5, 0.6) is 0 Å². The van der Waals surface area contributed by atoms with E-state index >= 15 is 0 Å². The number of rotatable bonds is 7. The molecule has 0 radical (unpaired) electrons. The molecule has 1 aliphatic heterocycles. The van der Waals surface area contributed by atoms with Crippen molar-refractivity contribution in [3.63, 3.8) is 0 Å². The minimum absolute atomic E-state index is 0.0632. The molecule has 6 heteroatoms. The molecule has 1 aliphatic rings. The van der Waals surface area contributed by atoms with Crippen LogP contribution in [0.4, 0.5) is 0 Å². The summed E-state index contributed by atoms with van der Waals surface area (Å²) in [4.78, 5) is 23.1. The van der Waals surface area contributed by atoms with E-state index in [-0.39, 0.29) is 25.5 Å². The fraction of sp³-hybridized carbons (Fsp3) is 0.846. The Morgan fingerprint density at radius 3 is 2.42 bits per heavy atom. The van der Waals surface area contributed by atoms with Crippen molar-refractivity contribution in [1.29, 1.82) is 0 Å². The van der Waals surface area contributed by atoms with Gasteiger partial charge in [0.15, 0.2) is 0 Å². The van der Waals surface area contributed by atoms with E-state index in [0.29, 0.717) is 25.9 Å². The predicted molar refractivity (Wildman–Crippen MR) is 68.7 cm³/mol. The van der Waals surface area contributed by atoms with Gasteiger partial charge in [0, 0.05) is 26.0 Å². The van der Waals surface area contributed by atoms with Gasteiger partial charge in [0.25, 0.3) is 0 Å². The smallest absolute Gasteiger partial charge is 0.310 e. The molecule has 0 aromatic rings. The van der Waals surface area contributed by atoms with Crippen molar-refractivity contribution >= 4 is 11.9 Å². The maximum atomic E-state index is 11.9. The van der Waals surface area contributed by atoms with Crippen LogP contribution in [-0.4, -0.2) is 47.4 Å². The first kappa shape index (κ1) is 15.9. The first-order valence-electron chi connectivity index (χ1n) is 6.68. The van der Waals surface area contributed by atoms with E-state index in [9.17, 15) is 19.8 Å². The van der Waals surface area contributed by atoms with Gasteiger partial charge in [-0.1, -0.05) is 13.8 Å². The number of aliphatic hydroxyl groups is 1. The Labute approximate surface area is 113 Å². The van der Waals surface area contributed by atoms with Gasteiger partial charge < -0.3 is 20.3 Å². The van der Waals surface area contributed by atoms with Crippen LogP contribution >= 0.6 is 0 Å². The maximum absolute atomic E-state index is 11.9. The first-order chi connectivity index (χ1) is 8.87. The van der Waals surface area contributed by atoms with Gasteiger partial charge in [0.2, 0.25) is 5.91 Å². The lowest BCUT2D eigenvalue weighted by Gasteiger charge is -2.27. The number of carboxylic acid groups (broad SMARTS) is 1. The van der Waals surface area contributed by atoms with Gasteiger partial charge in [0.1, 0.15) is 5.60 Å². The lowest BCUT2D eigenvalue weighted by atomic mass is 9.79. The summed E-state index contributed by atoms with van der Waals surface area (Å²) in [6.07, 6.45) is 1.23. The van der Waals surface area contributed by atoms with Crippen molar-refractivity contribution in [2.45, 2.75) is 45.1 Å². The lowest BCUT2D eigenvalue weighted by Crippen LogP contribution is -2.45. The van der Waals surface area contributed by atoms with Crippen molar-refractivity contribution in [1.82, 2.24) is 5.32 Å². The van der Waals surface area contributed by atoms with E-state index < -0.39 is 17.0 Å². The van der Waals surface area contributed by atoms with Crippen LogP contribution in [0.15, 0.2) is 0 Å². The molecule has 6 nitrogen and oxygen atoms in total. The van der Waals surface area contributed by atoms with Crippen molar-refractivity contribution in [3.05, 3.63) is 0 Å². The van der Waals surface area contributed by atoms with Crippen LogP contribution in [0.25, 0.3) is 0 Å². The molecule has 0 saturated carbocycles. The molecule has 19 heavy (non-hydrogen) atoms. The van der Waals surface area contributed by atoms with Gasteiger partial charge in [-0.2, -0.15) is 0 Å². The Balaban J connectivity index is 2.51. The van der Waals surface area contributed by atoms with Crippen LogP contribution in [0.1, 0.15) is 39.5 Å². The summed E-state index contributed by atoms with van der Waals surface area (Å²) in [6, 6.07) is 0. The molecule has 3 N–H and O–H groups in total. The zero-order chi connectivity index (χ0) is 14.5. The number of carbonyl (C=O) groups is 2. The normalized spacial score (nSPS) is 23.3. The number of carbonyl (C=O) groups excluding carboxylic acids is 1. The van der Waals surface area contributed by atoms with Crippen molar-refractivity contribution < 1.29 is 24.5 Å². The molecule has 0 bridgehead atoms. The highest BCUT2D eigenvalue weighted by Crippen LogP contribution is 2.31. The summed E-state index contributed by atoms with van der Waals surface area (Å²) in [5.41, 5.74) is -2.03. The van der Waals surface area contributed by atoms with E-state index in [1.54, 1.807) is 13.8 Å². The Morgan fingerprint density at radius 1 is 1.37 bits per heavy atom. The molecule has 0 aromatic heterocycles. The maximum Gasteiger partial charge on any atom is 0.310 e. The summed E-state index contributed by atoms with van der Waals surface area (Å²) in [5.74, 6) is -1.29. The summed E-state index contributed by atoms with van der Waals surface area (Å²) in [6.45, 7) is 4.33. The Morgan fingerprint density at radius 2 is 2.00 bits per heavy atom. The average molecular weight is 273 g/mol. The van der Waals surface area contributed by atoms with E-state index in [1.807, 2.05) is 0 Å². The SMILES string of the molecule is CCC(CC)(CC(=O)NCC1(O)CCOC1)C(=O)O. The second-order valence-electron chi connectivity index (χ2n) is 5.27. The summed E-state index contributed by atoms with van der Waals surface area (Å²) < 4.78 is 5.08. The van der Waals surface area contributed by atoms with Gasteiger partial charge in [-0.15, -0.1) is 0 Å². The van der Waals surface area contributed by atoms with E-state index in [0.717, 1.165) is 0 Å². The molecule has 1 fully saturated rings. The monoisotopic (exact) mass is 273 g/mol. The van der Waals surface area contributed by atoms with E-state index in [2.05, 4.69) is 5.32 Å². The minimum Gasteiger partial charge on any atom is -0.481 e. The quantitative estimate of drug-likeness (QED) is 0.629. The minimum atomic E-state index is -1.02. The molecule has 110 valence electrons. The number of nitrogens with one attached hydrogen (secondary N) is 1. The third kappa shape index (κ3) is 3.91. The molecule has 1 amide bonds. The number of amides is 1. The highest BCUT2D eigenvalue weighted by atomic mass is 16.5. The van der Waals surface area contributed by atoms with Gasteiger partial charge in [-0.3, -0.25) is 9.59 Å². The van der Waals surface area contributed by atoms with Gasteiger partial charge in [0.05, 0.1) is 12.0 Å². The van der Waals surface area contributed by atoms with Crippen molar-refractivity contribution in [2.75, 3.05) is 19.8 Å². The second-order valence-corrected chi connectivity index (χ2v) is 5.27. The molecule has 1 unspecified atom stereocenters. The third-order valence-corrected chi connectivity index (χ3v) is 4.00. The number of hydrogen-bond acceptors (Lipinski definition) is 4. The number of aliphatic carboxylic acids is 1. The second kappa shape index (κ2) is 6.34. The van der Waals surface area contributed by atoms with Crippen LogP contribution in [-0.2, 0) is 14.3 Å². The van der Waals surface area contributed by atoms with Crippen LogP contribution in [0.2, 0.25) is 0 Å². The summed E-state index contributed by atoms with van der Waals surface area (Å²) >= 11 is 0. The summed E-state index contributed by atoms with van der Waals surface area (Å²) in [7, 11) is 0. The number of carboxylic acids is 1. The van der Waals surface area contributed by atoms with Crippen LogP contribution in [0, 0.1) is 5.41 Å². The van der Waals surface area contributed by atoms with E-state index in [4.69, 9.17) is 4.74 Å². The molecule has 1 saturated heterocycles. The van der Waals surface area contributed by atoms with Gasteiger partial charge in [-0.05, 0) is 12.8 Å². The summed E-state index contributed by atoms with van der Waals surface area (Å²) in [5, 5.41) is 21.9. The fourth-order valence-electron chi connectivity index (χ4n) is 2.25. The molecule has 1 heterocycles. The molecule has 1 rings (SSSR count). The van der Waals surface area contributed by atoms with Gasteiger partial charge in [-0.25, -0.2) is 0 Å². The topological polar surface area (TPSA) is 95.9 Å². The number of hydrogen-bond donors (Lipinski definition) is 3. The van der Waals surface area contributed by atoms with Crippen LogP contribution < -0.4 is 5.32 Å². The Hall–Kier alpha value is -1.14. The first-order valence-corrected chi connectivity index (χ1v) is 6.68. The average Bonchev–Trinajstić information content (AvgIpc) is 2.81. The molecular formula is C13H23NO5.